The van der Waals surface area contributed by atoms with Crippen molar-refractivity contribution in [2.24, 2.45) is 11.8 Å². The van der Waals surface area contributed by atoms with Crippen molar-refractivity contribution in [3.63, 3.8) is 0 Å². The van der Waals surface area contributed by atoms with Gasteiger partial charge in [0.15, 0.2) is 11.5 Å². The molecule has 2 atom stereocenters. The van der Waals surface area contributed by atoms with Crippen LogP contribution in [-0.2, 0) is 20.9 Å². The first-order valence-electron chi connectivity index (χ1n) is 13.7. The highest BCUT2D eigenvalue weighted by atomic mass is 16.6. The van der Waals surface area contributed by atoms with Crippen LogP contribution in [0.1, 0.15) is 62.6 Å². The third-order valence-corrected chi connectivity index (χ3v) is 7.98. The molecule has 2 unspecified atom stereocenters. The van der Waals surface area contributed by atoms with E-state index in [2.05, 4.69) is 5.32 Å². The molecule has 2 aliphatic heterocycles. The summed E-state index contributed by atoms with van der Waals surface area (Å²) >= 11 is 0. The summed E-state index contributed by atoms with van der Waals surface area (Å²) in [7, 11) is 1.47. The van der Waals surface area contributed by atoms with Gasteiger partial charge in [0.2, 0.25) is 5.91 Å². The van der Waals surface area contributed by atoms with Crippen LogP contribution in [0.15, 0.2) is 46.9 Å². The third kappa shape index (κ3) is 5.92. The highest BCUT2D eigenvalue weighted by Gasteiger charge is 2.37. The molecule has 0 spiro atoms. The highest BCUT2D eigenvalue weighted by Crippen LogP contribution is 2.36. The van der Waals surface area contributed by atoms with E-state index in [1.165, 1.54) is 14.0 Å². The van der Waals surface area contributed by atoms with Gasteiger partial charge in [-0.05, 0) is 55.0 Å². The number of nitrogens with zero attached hydrogens (tertiary/aromatic N) is 2. The second-order valence-corrected chi connectivity index (χ2v) is 10.8. The molecule has 1 aromatic carbocycles. The molecule has 2 aromatic rings. The summed E-state index contributed by atoms with van der Waals surface area (Å²) in [5, 5.41) is 2.96. The van der Waals surface area contributed by atoms with Crippen LogP contribution in [0.25, 0.3) is 6.08 Å². The SMILES string of the molecule is COc1cc(C=C(NC(=O)C2CCCCC2)C(=O)N2CC3CC(C2)c2cccc(=O)n2C3)ccc1OC(C)=O. The van der Waals surface area contributed by atoms with Crippen LogP contribution in [0.5, 0.6) is 11.5 Å². The number of methoxy groups -OCH3 is 1. The zero-order valence-electron chi connectivity index (χ0n) is 22.5. The number of benzene rings is 1. The van der Waals surface area contributed by atoms with Crippen LogP contribution >= 0.6 is 0 Å². The fraction of sp³-hybridized carbons (Fsp3) is 0.467. The molecule has 1 aliphatic carbocycles. The number of rotatable bonds is 6. The number of hydrogen-bond donors (Lipinski definition) is 1. The lowest BCUT2D eigenvalue weighted by Gasteiger charge is -2.43. The maximum atomic E-state index is 14.0. The summed E-state index contributed by atoms with van der Waals surface area (Å²) in [5.74, 6) is -0.108. The Hall–Kier alpha value is -3.88. The van der Waals surface area contributed by atoms with Gasteiger partial charge in [-0.1, -0.05) is 31.4 Å². The molecule has 5 rings (SSSR count). The van der Waals surface area contributed by atoms with Gasteiger partial charge >= 0.3 is 5.97 Å². The minimum absolute atomic E-state index is 0.00606. The summed E-state index contributed by atoms with van der Waals surface area (Å²) in [4.78, 5) is 52.9. The van der Waals surface area contributed by atoms with E-state index in [4.69, 9.17) is 9.47 Å². The first-order chi connectivity index (χ1) is 18.8. The first-order valence-corrected chi connectivity index (χ1v) is 13.7. The smallest absolute Gasteiger partial charge is 0.308 e. The molecule has 39 heavy (non-hydrogen) atoms. The van der Waals surface area contributed by atoms with Gasteiger partial charge in [0.1, 0.15) is 5.70 Å². The van der Waals surface area contributed by atoms with Crippen molar-refractivity contribution >= 4 is 23.9 Å². The Balaban J connectivity index is 1.44. The van der Waals surface area contributed by atoms with Gasteiger partial charge in [0, 0.05) is 50.2 Å². The summed E-state index contributed by atoms with van der Waals surface area (Å²) in [6.45, 7) is 2.89. The maximum Gasteiger partial charge on any atom is 0.308 e. The Morgan fingerprint density at radius 2 is 1.79 bits per heavy atom. The quantitative estimate of drug-likeness (QED) is 0.346. The lowest BCUT2D eigenvalue weighted by Crippen LogP contribution is -2.51. The molecule has 9 nitrogen and oxygen atoms in total. The van der Waals surface area contributed by atoms with Crippen molar-refractivity contribution in [1.29, 1.82) is 0 Å². The topological polar surface area (TPSA) is 107 Å². The molecule has 3 aliphatic rings. The number of esters is 1. The van der Waals surface area contributed by atoms with E-state index < -0.39 is 5.97 Å². The van der Waals surface area contributed by atoms with Crippen molar-refractivity contribution in [1.82, 2.24) is 14.8 Å². The van der Waals surface area contributed by atoms with E-state index in [1.807, 2.05) is 10.6 Å². The number of pyridine rings is 1. The molecule has 2 amide bonds. The van der Waals surface area contributed by atoms with Gasteiger partial charge in [-0.2, -0.15) is 0 Å². The van der Waals surface area contributed by atoms with Crippen molar-refractivity contribution in [2.75, 3.05) is 20.2 Å². The van der Waals surface area contributed by atoms with Crippen LogP contribution in [0, 0.1) is 11.8 Å². The van der Waals surface area contributed by atoms with Gasteiger partial charge in [0.25, 0.3) is 11.5 Å². The van der Waals surface area contributed by atoms with E-state index in [0.29, 0.717) is 30.9 Å². The summed E-state index contributed by atoms with van der Waals surface area (Å²) in [6, 6.07) is 10.3. The average molecular weight is 534 g/mol. The number of carbonyl (C=O) groups is 3. The van der Waals surface area contributed by atoms with Gasteiger partial charge < -0.3 is 24.3 Å². The summed E-state index contributed by atoms with van der Waals surface area (Å²) in [5.41, 5.74) is 1.79. The van der Waals surface area contributed by atoms with Crippen LogP contribution in [0.3, 0.4) is 0 Å². The van der Waals surface area contributed by atoms with Gasteiger partial charge in [-0.15, -0.1) is 0 Å². The number of nitrogens with one attached hydrogen (secondary N) is 1. The molecule has 1 saturated carbocycles. The number of ether oxygens (including phenoxy) is 2. The Morgan fingerprint density at radius 3 is 2.54 bits per heavy atom. The monoisotopic (exact) mass is 533 g/mol. The zero-order chi connectivity index (χ0) is 27.5. The van der Waals surface area contributed by atoms with E-state index in [9.17, 15) is 19.2 Å². The lowest BCUT2D eigenvalue weighted by atomic mass is 9.83. The second-order valence-electron chi connectivity index (χ2n) is 10.8. The van der Waals surface area contributed by atoms with Crippen LogP contribution in [0.4, 0.5) is 0 Å². The highest BCUT2D eigenvalue weighted by molar-refractivity contribution is 6.01. The number of carbonyl (C=O) groups excluding carboxylic acids is 3. The normalized spacial score (nSPS) is 21.1. The van der Waals surface area contributed by atoms with Gasteiger partial charge in [-0.3, -0.25) is 19.2 Å². The van der Waals surface area contributed by atoms with E-state index >= 15 is 0 Å². The first kappa shape index (κ1) is 26.7. The Bertz CT molecular complexity index is 1360. The van der Waals surface area contributed by atoms with Crippen molar-refractivity contribution in [3.8, 4) is 11.5 Å². The standard InChI is InChI=1S/C30H35N3O6/c1-19(34)39-26-12-11-20(15-27(26)38-2)14-24(31-29(36)22-7-4-3-5-8-22)30(37)32-16-21-13-23(18-32)25-9-6-10-28(35)33(25)17-21/h6,9-12,14-15,21-23H,3-5,7-8,13,16-18H2,1-2H3,(H,31,36). The molecule has 2 fully saturated rings. The molecule has 206 valence electrons. The Labute approximate surface area is 227 Å². The molecule has 1 saturated heterocycles. The number of aromatic nitrogens is 1. The number of likely N-dealkylation sites (tertiary alicyclic amines) is 1. The summed E-state index contributed by atoms with van der Waals surface area (Å²) in [6.07, 6.45) is 7.36. The summed E-state index contributed by atoms with van der Waals surface area (Å²) < 4.78 is 12.4. The van der Waals surface area contributed by atoms with E-state index in [0.717, 1.165) is 44.2 Å². The molecule has 1 N–H and O–H groups in total. The van der Waals surface area contributed by atoms with Crippen molar-refractivity contribution in [3.05, 3.63) is 63.7 Å². The average Bonchev–Trinajstić information content (AvgIpc) is 2.93. The second kappa shape index (κ2) is 11.5. The maximum absolute atomic E-state index is 14.0. The number of fused-ring (bicyclic) bond motifs is 4. The molecular weight excluding hydrogens is 498 g/mol. The van der Waals surface area contributed by atoms with Crippen LogP contribution in [-0.4, -0.2) is 47.4 Å². The lowest BCUT2D eigenvalue weighted by molar-refractivity contribution is -0.133. The predicted molar refractivity (Wildman–Crippen MR) is 145 cm³/mol. The molecule has 1 aromatic heterocycles. The van der Waals surface area contributed by atoms with E-state index in [-0.39, 0.29) is 46.6 Å². The predicted octanol–water partition coefficient (Wildman–Crippen LogP) is 3.47. The van der Waals surface area contributed by atoms with Gasteiger partial charge in [0.05, 0.1) is 7.11 Å². The molecule has 3 heterocycles. The van der Waals surface area contributed by atoms with E-state index in [1.54, 1.807) is 41.3 Å². The third-order valence-electron chi connectivity index (χ3n) is 7.98. The van der Waals surface area contributed by atoms with Crippen molar-refractivity contribution in [2.45, 2.75) is 57.9 Å². The minimum atomic E-state index is -0.466. The van der Waals surface area contributed by atoms with Crippen LogP contribution < -0.4 is 20.3 Å². The Kier molecular flexibility index (Phi) is 7.86. The Morgan fingerprint density at radius 1 is 1.00 bits per heavy atom. The van der Waals surface area contributed by atoms with Gasteiger partial charge in [-0.25, -0.2) is 0 Å². The number of amides is 2. The fourth-order valence-electron chi connectivity index (χ4n) is 6.16. The molecule has 9 heteroatoms. The number of hydrogen-bond acceptors (Lipinski definition) is 6. The largest absolute Gasteiger partial charge is 0.493 e. The molecule has 2 bridgehead atoms. The molecular formula is C30H35N3O6. The minimum Gasteiger partial charge on any atom is -0.493 e. The van der Waals surface area contributed by atoms with Crippen molar-refractivity contribution < 1.29 is 23.9 Å². The molecule has 0 radical (unpaired) electrons. The zero-order valence-corrected chi connectivity index (χ0v) is 22.5. The number of piperidine rings is 1. The fourth-order valence-corrected chi connectivity index (χ4v) is 6.16. The van der Waals surface area contributed by atoms with Crippen LogP contribution in [0.2, 0.25) is 0 Å².